The van der Waals surface area contributed by atoms with Gasteiger partial charge >= 0.3 is 0 Å². The van der Waals surface area contributed by atoms with Crippen molar-refractivity contribution >= 4 is 5.96 Å². The molecule has 146 valence electrons. The van der Waals surface area contributed by atoms with E-state index in [0.29, 0.717) is 12.4 Å². The summed E-state index contributed by atoms with van der Waals surface area (Å²) in [4.78, 5) is 11.2. The van der Waals surface area contributed by atoms with E-state index >= 15 is 0 Å². The van der Waals surface area contributed by atoms with Crippen LogP contribution in [0.5, 0.6) is 0 Å². The van der Waals surface area contributed by atoms with E-state index in [2.05, 4.69) is 49.8 Å². The zero-order chi connectivity index (χ0) is 19.1. The van der Waals surface area contributed by atoms with Crippen molar-refractivity contribution in [1.29, 1.82) is 0 Å². The number of nitrogens with zero attached hydrogens (tertiary/aromatic N) is 3. The number of benzene rings is 1. The van der Waals surface area contributed by atoms with E-state index in [4.69, 9.17) is 9.15 Å². The monoisotopic (exact) mass is 371 g/mol. The maximum Gasteiger partial charge on any atom is 0.214 e. The lowest BCUT2D eigenvalue weighted by atomic mass is 10.0. The lowest BCUT2D eigenvalue weighted by Crippen LogP contribution is -2.46. The molecule has 1 aromatic heterocycles. The molecule has 27 heavy (non-hydrogen) atoms. The Morgan fingerprint density at radius 2 is 1.93 bits per heavy atom. The lowest BCUT2D eigenvalue weighted by molar-refractivity contribution is 0.0170. The predicted octanol–water partition coefficient (Wildman–Crippen LogP) is 2.03. The highest BCUT2D eigenvalue weighted by Gasteiger charge is 2.22. The number of aliphatic imine (C=N–C) groups is 1. The number of ether oxygens (including phenoxy) is 1. The van der Waals surface area contributed by atoms with Gasteiger partial charge in [0.25, 0.3) is 0 Å². The third-order valence-corrected chi connectivity index (χ3v) is 4.84. The van der Waals surface area contributed by atoms with Crippen molar-refractivity contribution in [3.8, 4) is 0 Å². The molecule has 2 heterocycles. The van der Waals surface area contributed by atoms with E-state index in [1.165, 1.54) is 5.56 Å². The minimum Gasteiger partial charge on any atom is -0.444 e. The van der Waals surface area contributed by atoms with Crippen LogP contribution in [0.15, 0.2) is 39.7 Å². The van der Waals surface area contributed by atoms with Gasteiger partial charge in [-0.25, -0.2) is 4.98 Å². The fourth-order valence-electron chi connectivity index (χ4n) is 3.21. The molecule has 7 nitrogen and oxygen atoms in total. The van der Waals surface area contributed by atoms with Crippen molar-refractivity contribution in [2.45, 2.75) is 26.4 Å². The van der Waals surface area contributed by atoms with Crippen LogP contribution in [0.4, 0.5) is 0 Å². The average molecular weight is 371 g/mol. The summed E-state index contributed by atoms with van der Waals surface area (Å²) < 4.78 is 11.1. The topological polar surface area (TPSA) is 74.9 Å². The number of hydrogen-bond donors (Lipinski definition) is 2. The van der Waals surface area contributed by atoms with Crippen LogP contribution in [-0.2, 0) is 11.3 Å². The fourth-order valence-corrected chi connectivity index (χ4v) is 3.21. The maximum atomic E-state index is 5.62. The van der Waals surface area contributed by atoms with Gasteiger partial charge in [-0.3, -0.25) is 9.89 Å². The second-order valence-electron chi connectivity index (χ2n) is 6.63. The number of aromatic nitrogens is 1. The number of rotatable bonds is 6. The zero-order valence-electron chi connectivity index (χ0n) is 16.4. The minimum atomic E-state index is 0.264. The fraction of sp³-hybridized carbons (Fsp3) is 0.500. The molecule has 0 bridgehead atoms. The Kier molecular flexibility index (Phi) is 6.84. The standard InChI is InChI=1S/C20H29N5O2/c1-15-16(2)27-19(24-15)14-23-20(21-3)22-13-18(17-7-5-4-6-8-17)25-9-11-26-12-10-25/h4-8,18H,9-14H2,1-3H3,(H2,21,22,23). The summed E-state index contributed by atoms with van der Waals surface area (Å²) in [5.74, 6) is 2.25. The summed E-state index contributed by atoms with van der Waals surface area (Å²) in [6, 6.07) is 10.8. The van der Waals surface area contributed by atoms with E-state index in [0.717, 1.165) is 50.3 Å². The first-order valence-electron chi connectivity index (χ1n) is 9.41. The molecule has 0 saturated carbocycles. The summed E-state index contributed by atoms with van der Waals surface area (Å²) in [5.41, 5.74) is 2.22. The summed E-state index contributed by atoms with van der Waals surface area (Å²) in [5, 5.41) is 6.72. The molecule has 1 aromatic carbocycles. The number of guanidine groups is 1. The van der Waals surface area contributed by atoms with Crippen molar-refractivity contribution in [2.75, 3.05) is 39.9 Å². The molecule has 0 amide bonds. The van der Waals surface area contributed by atoms with Gasteiger partial charge in [0, 0.05) is 26.7 Å². The summed E-state index contributed by atoms with van der Waals surface area (Å²) >= 11 is 0. The van der Waals surface area contributed by atoms with Crippen molar-refractivity contribution in [3.63, 3.8) is 0 Å². The Morgan fingerprint density at radius 3 is 2.56 bits per heavy atom. The Labute approximate surface area is 160 Å². The van der Waals surface area contributed by atoms with Crippen LogP contribution < -0.4 is 10.6 Å². The van der Waals surface area contributed by atoms with Gasteiger partial charge in [-0.15, -0.1) is 0 Å². The molecular weight excluding hydrogens is 342 g/mol. The smallest absolute Gasteiger partial charge is 0.214 e. The van der Waals surface area contributed by atoms with Gasteiger partial charge in [0.1, 0.15) is 5.76 Å². The molecular formula is C20H29N5O2. The molecule has 0 radical (unpaired) electrons. The van der Waals surface area contributed by atoms with E-state index < -0.39 is 0 Å². The molecule has 7 heteroatoms. The van der Waals surface area contributed by atoms with Crippen LogP contribution in [-0.4, -0.2) is 55.7 Å². The van der Waals surface area contributed by atoms with Crippen LogP contribution >= 0.6 is 0 Å². The van der Waals surface area contributed by atoms with Crippen LogP contribution in [0.25, 0.3) is 0 Å². The summed E-state index contributed by atoms with van der Waals surface area (Å²) in [6.45, 7) is 8.55. The normalized spacial score (nSPS) is 16.9. The Morgan fingerprint density at radius 1 is 1.19 bits per heavy atom. The Bertz CT molecular complexity index is 719. The molecule has 1 fully saturated rings. The minimum absolute atomic E-state index is 0.264. The quantitative estimate of drug-likeness (QED) is 0.598. The van der Waals surface area contributed by atoms with Crippen molar-refractivity contribution in [2.24, 2.45) is 4.99 Å². The van der Waals surface area contributed by atoms with E-state index in [9.17, 15) is 0 Å². The van der Waals surface area contributed by atoms with Crippen molar-refractivity contribution in [3.05, 3.63) is 53.2 Å². The third-order valence-electron chi connectivity index (χ3n) is 4.84. The van der Waals surface area contributed by atoms with Gasteiger partial charge < -0.3 is 19.8 Å². The SMILES string of the molecule is CN=C(NCc1nc(C)c(C)o1)NCC(c1ccccc1)N1CCOCC1. The van der Waals surface area contributed by atoms with Gasteiger partial charge in [-0.05, 0) is 19.4 Å². The highest BCUT2D eigenvalue weighted by Crippen LogP contribution is 2.21. The predicted molar refractivity (Wildman–Crippen MR) is 106 cm³/mol. The highest BCUT2D eigenvalue weighted by molar-refractivity contribution is 5.79. The lowest BCUT2D eigenvalue weighted by Gasteiger charge is -2.35. The van der Waals surface area contributed by atoms with Crippen LogP contribution in [0.2, 0.25) is 0 Å². The second kappa shape index (κ2) is 9.53. The van der Waals surface area contributed by atoms with Gasteiger partial charge in [0.15, 0.2) is 5.96 Å². The molecule has 2 N–H and O–H groups in total. The highest BCUT2D eigenvalue weighted by atomic mass is 16.5. The van der Waals surface area contributed by atoms with Gasteiger partial charge in [-0.2, -0.15) is 0 Å². The molecule has 1 atom stereocenters. The Balaban J connectivity index is 1.60. The van der Waals surface area contributed by atoms with Crippen LogP contribution in [0, 0.1) is 13.8 Å². The maximum absolute atomic E-state index is 5.62. The van der Waals surface area contributed by atoms with Gasteiger partial charge in [-0.1, -0.05) is 30.3 Å². The number of aryl methyl sites for hydroxylation is 2. The summed E-state index contributed by atoms with van der Waals surface area (Å²) in [6.07, 6.45) is 0. The number of morpholine rings is 1. The van der Waals surface area contributed by atoms with E-state index in [1.807, 2.05) is 19.9 Å². The number of oxazole rings is 1. The molecule has 2 aromatic rings. The first-order chi connectivity index (χ1) is 13.2. The summed E-state index contributed by atoms with van der Waals surface area (Å²) in [7, 11) is 1.77. The first kappa shape index (κ1) is 19.4. The van der Waals surface area contributed by atoms with E-state index in [1.54, 1.807) is 7.05 Å². The molecule has 1 saturated heterocycles. The zero-order valence-corrected chi connectivity index (χ0v) is 16.4. The van der Waals surface area contributed by atoms with Crippen LogP contribution in [0.3, 0.4) is 0 Å². The molecule has 3 rings (SSSR count). The van der Waals surface area contributed by atoms with E-state index in [-0.39, 0.29) is 6.04 Å². The molecule has 1 aliphatic heterocycles. The van der Waals surface area contributed by atoms with Crippen molar-refractivity contribution in [1.82, 2.24) is 20.5 Å². The molecule has 1 aliphatic rings. The first-order valence-corrected chi connectivity index (χ1v) is 9.41. The second-order valence-corrected chi connectivity index (χ2v) is 6.63. The largest absolute Gasteiger partial charge is 0.444 e. The number of nitrogens with one attached hydrogen (secondary N) is 2. The van der Waals surface area contributed by atoms with Crippen molar-refractivity contribution < 1.29 is 9.15 Å². The Hall–Kier alpha value is -2.38. The van der Waals surface area contributed by atoms with Gasteiger partial charge in [0.05, 0.1) is 31.5 Å². The van der Waals surface area contributed by atoms with Crippen LogP contribution in [0.1, 0.15) is 29.0 Å². The molecule has 0 aliphatic carbocycles. The van der Waals surface area contributed by atoms with Gasteiger partial charge in [0.2, 0.25) is 5.89 Å². The average Bonchev–Trinajstić information content (AvgIpc) is 3.03. The number of hydrogen-bond acceptors (Lipinski definition) is 5. The third kappa shape index (κ3) is 5.30. The molecule has 0 spiro atoms. The molecule has 1 unspecified atom stereocenters.